The second-order valence-corrected chi connectivity index (χ2v) is 21.1. The van der Waals surface area contributed by atoms with Gasteiger partial charge in [-0.3, -0.25) is 34.6 Å². The molecule has 1 atom stereocenters. The minimum Gasteiger partial charge on any atom is -0.490 e. The number of anilines is 3. The van der Waals surface area contributed by atoms with Gasteiger partial charge in [0, 0.05) is 80.5 Å². The number of nitrogens with zero attached hydrogens (tertiary/aromatic N) is 7. The maximum absolute atomic E-state index is 15.2. The van der Waals surface area contributed by atoms with Crippen molar-refractivity contribution in [3.8, 4) is 16.9 Å². The van der Waals surface area contributed by atoms with Gasteiger partial charge in [-0.25, -0.2) is 14.8 Å². The van der Waals surface area contributed by atoms with Crippen LogP contribution in [0.3, 0.4) is 0 Å². The number of piperazine rings is 1. The molecule has 75 heavy (non-hydrogen) atoms. The zero-order chi connectivity index (χ0) is 52.0. The normalized spacial score (nSPS) is 19.5. The average Bonchev–Trinajstić information content (AvgIpc) is 3.97. The summed E-state index contributed by atoms with van der Waals surface area (Å²) in [4.78, 5) is 66.5. The van der Waals surface area contributed by atoms with Crippen LogP contribution in [-0.2, 0) is 35.8 Å². The van der Waals surface area contributed by atoms with Crippen molar-refractivity contribution < 1.29 is 42.2 Å². The molecule has 3 amide bonds. The molecule has 3 N–H and O–H groups in total. The summed E-state index contributed by atoms with van der Waals surface area (Å²) >= 11 is 1.37. The molecule has 4 aliphatic rings. The molecule has 0 bridgehead atoms. The monoisotopic (exact) mass is 1040 g/mol. The molecule has 3 aromatic heterocycles. The van der Waals surface area contributed by atoms with Gasteiger partial charge in [0.1, 0.15) is 17.1 Å². The second kappa shape index (κ2) is 20.7. The first kappa shape index (κ1) is 49.8. The summed E-state index contributed by atoms with van der Waals surface area (Å²) in [5.41, 5.74) is 3.64. The summed E-state index contributed by atoms with van der Waals surface area (Å²) < 4.78 is 54.5. The number of imide groups is 1. The van der Waals surface area contributed by atoms with Crippen LogP contribution in [0.25, 0.3) is 32.2 Å². The fourth-order valence-electron chi connectivity index (χ4n) is 11.5. The van der Waals surface area contributed by atoms with Gasteiger partial charge in [-0.05, 0) is 130 Å². The third-order valence-electron chi connectivity index (χ3n) is 15.4. The lowest BCUT2D eigenvalue weighted by molar-refractivity contribution is -0.139. The Kier molecular flexibility index (Phi) is 13.8. The number of aromatic carboxylic acids is 1. The predicted octanol–water partition coefficient (Wildman–Crippen LogP) is 9.84. The van der Waals surface area contributed by atoms with Crippen LogP contribution in [0, 0.1) is 5.92 Å². The fraction of sp³-hybridized carbons (Fsp3) is 0.375. The molecule has 19 heteroatoms. The highest BCUT2D eigenvalue weighted by Crippen LogP contribution is 2.45. The van der Waals surface area contributed by atoms with E-state index < -0.39 is 35.4 Å². The Hall–Kier alpha value is -7.38. The van der Waals surface area contributed by atoms with Crippen LogP contribution in [-0.4, -0.2) is 98.8 Å². The smallest absolute Gasteiger partial charge is 0.420 e. The number of ether oxygens (including phenoxy) is 1. The van der Waals surface area contributed by atoms with E-state index in [1.165, 1.54) is 35.6 Å². The number of benzene rings is 4. The van der Waals surface area contributed by atoms with Crippen LogP contribution < -0.4 is 25.2 Å². The molecule has 3 aliphatic heterocycles. The highest BCUT2D eigenvalue weighted by atomic mass is 32.1. The first-order valence-corrected chi connectivity index (χ1v) is 26.5. The van der Waals surface area contributed by atoms with Crippen molar-refractivity contribution in [3.05, 3.63) is 125 Å². The van der Waals surface area contributed by atoms with Gasteiger partial charge in [0.15, 0.2) is 10.8 Å². The summed E-state index contributed by atoms with van der Waals surface area (Å²) in [6, 6.07) is 26.3. The Labute approximate surface area is 434 Å². The van der Waals surface area contributed by atoms with Crippen molar-refractivity contribution in [2.24, 2.45) is 13.0 Å². The zero-order valence-electron chi connectivity index (χ0n) is 41.4. The third kappa shape index (κ3) is 10.4. The van der Waals surface area contributed by atoms with Gasteiger partial charge in [0.25, 0.3) is 5.91 Å². The molecule has 1 aliphatic carbocycles. The molecule has 4 aromatic carbocycles. The summed E-state index contributed by atoms with van der Waals surface area (Å²) in [5, 5.41) is 21.9. The molecule has 7 aromatic rings. The predicted molar refractivity (Wildman–Crippen MR) is 281 cm³/mol. The molecule has 0 radical (unpaired) electrons. The maximum atomic E-state index is 15.2. The van der Waals surface area contributed by atoms with Gasteiger partial charge in [0.05, 0.1) is 33.4 Å². The van der Waals surface area contributed by atoms with Gasteiger partial charge in [0.2, 0.25) is 11.8 Å². The van der Waals surface area contributed by atoms with Gasteiger partial charge < -0.3 is 19.6 Å². The molecule has 388 valence electrons. The number of aryl methyl sites for hydroxylation is 1. The molecule has 3 fully saturated rings. The molecule has 1 unspecified atom stereocenters. The van der Waals surface area contributed by atoms with Gasteiger partial charge in [-0.1, -0.05) is 47.7 Å². The Bertz CT molecular complexity index is 3310. The Morgan fingerprint density at radius 3 is 2.43 bits per heavy atom. The minimum absolute atomic E-state index is 0.171. The van der Waals surface area contributed by atoms with Crippen molar-refractivity contribution in [1.29, 1.82) is 0 Å². The van der Waals surface area contributed by atoms with Crippen LogP contribution >= 0.6 is 11.3 Å². The Morgan fingerprint density at radius 2 is 1.65 bits per heavy atom. The van der Waals surface area contributed by atoms with E-state index in [1.54, 1.807) is 12.1 Å². The number of amides is 3. The first-order valence-electron chi connectivity index (χ1n) is 25.7. The highest BCUT2D eigenvalue weighted by molar-refractivity contribution is 7.22. The second-order valence-electron chi connectivity index (χ2n) is 20.0. The lowest BCUT2D eigenvalue weighted by Crippen LogP contribution is -2.46. The summed E-state index contributed by atoms with van der Waals surface area (Å²) in [5.74, 6) is -2.41. The van der Waals surface area contributed by atoms with Crippen molar-refractivity contribution in [1.82, 2.24) is 30.0 Å². The van der Waals surface area contributed by atoms with Crippen molar-refractivity contribution in [2.75, 3.05) is 54.4 Å². The molecular formula is C56H56F3N9O6S. The van der Waals surface area contributed by atoms with Crippen molar-refractivity contribution in [2.45, 2.75) is 82.5 Å². The number of pyridine rings is 1. The lowest BCUT2D eigenvalue weighted by atomic mass is 9.84. The molecule has 2 saturated heterocycles. The summed E-state index contributed by atoms with van der Waals surface area (Å²) in [6.45, 7) is 5.23. The molecule has 0 spiro atoms. The molecule has 6 heterocycles. The quantitative estimate of drug-likeness (QED) is 0.0935. The minimum atomic E-state index is -4.86. The van der Waals surface area contributed by atoms with Crippen LogP contribution in [0.5, 0.6) is 5.75 Å². The number of nitrogens with one attached hydrogen (secondary N) is 2. The number of rotatable bonds is 13. The highest BCUT2D eigenvalue weighted by Gasteiger charge is 2.40. The fourth-order valence-corrected chi connectivity index (χ4v) is 12.3. The number of carbonyl (C=O) groups is 4. The molecule has 11 rings (SSSR count). The standard InChI is InChI=1S/C56H56F3N9O6S/c1-65-44-31-35(16-19-40(44)50(64-65)41-21-23-48(69)62-53(41)71)67-29-27-66(28-30-67)25-6-7-33-14-17-36(18-15-33)74-45-12-5-9-37(49(45)56(57,58)59)38-20-22-47(61-51(38)54(72)73)68-26-24-34-8-4-10-39(42(34)32-68)52(70)63-55-60-43-11-2-3-13-46(43)75-55/h2-5,8-13,16,19-20,22,31,33,36,41H,6-7,14-15,17-18,21,23-30,32H2,1H3,(H,72,73)(H,60,63,70)(H,62,69,71). The average molecular weight is 1040 g/mol. The molecule has 1 saturated carbocycles. The zero-order valence-corrected chi connectivity index (χ0v) is 42.2. The number of hydrogen-bond acceptors (Lipinski definition) is 12. The number of piperidine rings is 1. The molecule has 15 nitrogen and oxygen atoms in total. The van der Waals surface area contributed by atoms with E-state index in [1.807, 2.05) is 59.1 Å². The van der Waals surface area contributed by atoms with Gasteiger partial charge in [-0.15, -0.1) is 0 Å². The first-order chi connectivity index (χ1) is 36.2. The van der Waals surface area contributed by atoms with E-state index in [-0.39, 0.29) is 47.0 Å². The molecular weight excluding hydrogens is 984 g/mol. The summed E-state index contributed by atoms with van der Waals surface area (Å²) in [7, 11) is 1.88. The largest absolute Gasteiger partial charge is 0.490 e. The van der Waals surface area contributed by atoms with Crippen molar-refractivity contribution in [3.63, 3.8) is 0 Å². The number of aromatic nitrogens is 4. The van der Waals surface area contributed by atoms with E-state index in [0.717, 1.165) is 96.3 Å². The number of halogens is 3. The number of hydrogen-bond donors (Lipinski definition) is 3. The van der Waals surface area contributed by atoms with Crippen LogP contribution in [0.2, 0.25) is 0 Å². The number of carboxylic acids is 1. The van der Waals surface area contributed by atoms with Crippen LogP contribution in [0.4, 0.5) is 29.8 Å². The number of carboxylic acid groups (broad SMARTS) is 1. The van der Waals surface area contributed by atoms with E-state index in [2.05, 4.69) is 42.5 Å². The van der Waals surface area contributed by atoms with Crippen LogP contribution in [0.15, 0.2) is 91.0 Å². The van der Waals surface area contributed by atoms with E-state index >= 15 is 13.2 Å². The maximum Gasteiger partial charge on any atom is 0.420 e. The van der Waals surface area contributed by atoms with E-state index in [0.29, 0.717) is 61.0 Å². The van der Waals surface area contributed by atoms with Crippen molar-refractivity contribution >= 4 is 72.8 Å². The van der Waals surface area contributed by atoms with Crippen LogP contribution in [0.1, 0.15) is 101 Å². The number of carbonyl (C=O) groups excluding carboxylic acids is 3. The van der Waals surface area contributed by atoms with E-state index in [4.69, 9.17) is 9.84 Å². The Morgan fingerprint density at radius 1 is 0.853 bits per heavy atom. The Balaban J connectivity index is 0.694. The van der Waals surface area contributed by atoms with E-state index in [9.17, 15) is 24.3 Å². The summed E-state index contributed by atoms with van der Waals surface area (Å²) in [6.07, 6.45) is 0.953. The van der Waals surface area contributed by atoms with Gasteiger partial charge >= 0.3 is 12.1 Å². The topological polar surface area (TPSA) is 175 Å². The number of para-hydroxylation sites is 1. The third-order valence-corrected chi connectivity index (χ3v) is 16.3. The SMILES string of the molecule is Cn1nc(C2CCC(=O)NC2=O)c2ccc(N3CCN(CCCC4CCC(Oc5cccc(-c6ccc(N7CCc8cccc(C(=O)Nc9nc%10ccccc%10s9)c8C7)nc6C(=O)O)c5C(F)(F)F)CC4)CC3)cc21. The van der Waals surface area contributed by atoms with Gasteiger partial charge in [-0.2, -0.15) is 18.3 Å². The number of fused-ring (bicyclic) bond motifs is 3. The lowest BCUT2D eigenvalue weighted by Gasteiger charge is -2.36. The number of alkyl halides is 3. The number of thiazole rings is 1.